The summed E-state index contributed by atoms with van der Waals surface area (Å²) in [6.07, 6.45) is 10.7. The SMILES string of the molecule is C1CCC(C2(C3CCNC3)CC2)C1. The maximum absolute atomic E-state index is 3.54. The highest BCUT2D eigenvalue weighted by molar-refractivity contribution is 5.05. The van der Waals surface area contributed by atoms with Gasteiger partial charge in [-0.15, -0.1) is 0 Å². The maximum Gasteiger partial charge on any atom is -0.00146 e. The molecule has 1 saturated heterocycles. The monoisotopic (exact) mass is 179 g/mol. The first-order valence-electron chi connectivity index (χ1n) is 6.12. The smallest absolute Gasteiger partial charge is 0.00146 e. The second kappa shape index (κ2) is 2.98. The molecule has 2 aliphatic carbocycles. The third kappa shape index (κ3) is 1.24. The van der Waals surface area contributed by atoms with Gasteiger partial charge in [-0.3, -0.25) is 0 Å². The van der Waals surface area contributed by atoms with Crippen LogP contribution in [0.4, 0.5) is 0 Å². The first-order valence-corrected chi connectivity index (χ1v) is 6.12. The van der Waals surface area contributed by atoms with E-state index in [0.717, 1.165) is 17.3 Å². The molecule has 1 aliphatic heterocycles. The quantitative estimate of drug-likeness (QED) is 0.687. The third-order valence-corrected chi connectivity index (χ3v) is 4.87. The summed E-state index contributed by atoms with van der Waals surface area (Å²) in [6, 6.07) is 0. The van der Waals surface area contributed by atoms with Gasteiger partial charge in [-0.25, -0.2) is 0 Å². The van der Waals surface area contributed by atoms with Gasteiger partial charge in [0.2, 0.25) is 0 Å². The van der Waals surface area contributed by atoms with Crippen LogP contribution in [0.15, 0.2) is 0 Å². The second-order valence-corrected chi connectivity index (χ2v) is 5.40. The molecule has 13 heavy (non-hydrogen) atoms. The van der Waals surface area contributed by atoms with Crippen LogP contribution in [0, 0.1) is 17.3 Å². The molecule has 3 aliphatic rings. The lowest BCUT2D eigenvalue weighted by atomic mass is 9.76. The largest absolute Gasteiger partial charge is 0.316 e. The van der Waals surface area contributed by atoms with E-state index in [1.807, 2.05) is 0 Å². The van der Waals surface area contributed by atoms with E-state index < -0.39 is 0 Å². The number of hydrogen-bond donors (Lipinski definition) is 1. The van der Waals surface area contributed by atoms with Crippen molar-refractivity contribution in [2.24, 2.45) is 17.3 Å². The van der Waals surface area contributed by atoms with Gasteiger partial charge in [-0.2, -0.15) is 0 Å². The Balaban J connectivity index is 1.72. The Morgan fingerprint density at radius 3 is 2.23 bits per heavy atom. The van der Waals surface area contributed by atoms with Gasteiger partial charge in [-0.1, -0.05) is 12.8 Å². The van der Waals surface area contributed by atoms with Crippen molar-refractivity contribution in [1.82, 2.24) is 5.32 Å². The fourth-order valence-corrected chi connectivity index (χ4v) is 3.94. The van der Waals surface area contributed by atoms with Crippen molar-refractivity contribution in [3.8, 4) is 0 Å². The zero-order valence-electron chi connectivity index (χ0n) is 8.52. The van der Waals surface area contributed by atoms with E-state index in [1.54, 1.807) is 25.7 Å². The van der Waals surface area contributed by atoms with Crippen molar-refractivity contribution in [1.29, 1.82) is 0 Å². The van der Waals surface area contributed by atoms with E-state index in [0.29, 0.717) is 0 Å². The summed E-state index contributed by atoms with van der Waals surface area (Å²) in [6.45, 7) is 2.62. The minimum atomic E-state index is 0.847. The average Bonchev–Trinajstić information content (AvgIpc) is 2.68. The van der Waals surface area contributed by atoms with Crippen molar-refractivity contribution in [2.45, 2.75) is 44.9 Å². The van der Waals surface area contributed by atoms with Gasteiger partial charge in [0.15, 0.2) is 0 Å². The zero-order chi connectivity index (χ0) is 8.73. The molecular formula is C12H21N. The van der Waals surface area contributed by atoms with Crippen LogP contribution in [-0.4, -0.2) is 13.1 Å². The van der Waals surface area contributed by atoms with Crippen LogP contribution in [0.5, 0.6) is 0 Å². The molecule has 1 unspecified atom stereocenters. The van der Waals surface area contributed by atoms with Gasteiger partial charge in [0.25, 0.3) is 0 Å². The molecule has 1 heteroatoms. The van der Waals surface area contributed by atoms with Crippen molar-refractivity contribution >= 4 is 0 Å². The standard InChI is InChI=1S/C12H21N/c1-2-4-10(3-1)12(6-7-12)11-5-8-13-9-11/h10-11,13H,1-9H2. The average molecular weight is 179 g/mol. The first kappa shape index (κ1) is 8.28. The minimum Gasteiger partial charge on any atom is -0.316 e. The Bertz CT molecular complexity index is 165. The molecule has 3 rings (SSSR count). The highest BCUT2D eigenvalue weighted by atomic mass is 14.9. The second-order valence-electron chi connectivity index (χ2n) is 5.40. The van der Waals surface area contributed by atoms with Crippen LogP contribution >= 0.6 is 0 Å². The van der Waals surface area contributed by atoms with E-state index >= 15 is 0 Å². The molecule has 0 aromatic carbocycles. The van der Waals surface area contributed by atoms with Crippen LogP contribution in [-0.2, 0) is 0 Å². The first-order chi connectivity index (χ1) is 6.42. The maximum atomic E-state index is 3.54. The van der Waals surface area contributed by atoms with Crippen molar-refractivity contribution in [3.05, 3.63) is 0 Å². The lowest BCUT2D eigenvalue weighted by Gasteiger charge is -2.28. The van der Waals surface area contributed by atoms with Gasteiger partial charge >= 0.3 is 0 Å². The van der Waals surface area contributed by atoms with E-state index in [9.17, 15) is 0 Å². The Kier molecular flexibility index (Phi) is 1.90. The van der Waals surface area contributed by atoms with E-state index in [1.165, 1.54) is 32.4 Å². The molecule has 3 fully saturated rings. The predicted octanol–water partition coefficient (Wildman–Crippen LogP) is 2.57. The molecule has 2 saturated carbocycles. The van der Waals surface area contributed by atoms with Crippen molar-refractivity contribution in [3.63, 3.8) is 0 Å². The number of nitrogens with one attached hydrogen (secondary N) is 1. The molecule has 0 aromatic heterocycles. The van der Waals surface area contributed by atoms with Crippen molar-refractivity contribution < 1.29 is 0 Å². The number of rotatable bonds is 2. The molecular weight excluding hydrogens is 158 g/mol. The molecule has 0 radical (unpaired) electrons. The van der Waals surface area contributed by atoms with Gasteiger partial charge in [0.05, 0.1) is 0 Å². The zero-order valence-corrected chi connectivity index (χ0v) is 8.52. The Morgan fingerprint density at radius 2 is 1.69 bits per heavy atom. The summed E-state index contributed by atoms with van der Waals surface area (Å²) < 4.78 is 0. The lowest BCUT2D eigenvalue weighted by Crippen LogP contribution is -2.25. The minimum absolute atomic E-state index is 0.847. The van der Waals surface area contributed by atoms with E-state index in [-0.39, 0.29) is 0 Å². The topological polar surface area (TPSA) is 12.0 Å². The van der Waals surface area contributed by atoms with Crippen LogP contribution in [0.25, 0.3) is 0 Å². The molecule has 1 nitrogen and oxygen atoms in total. The van der Waals surface area contributed by atoms with Crippen LogP contribution < -0.4 is 5.32 Å². The summed E-state index contributed by atoms with van der Waals surface area (Å²) in [4.78, 5) is 0. The third-order valence-electron chi connectivity index (χ3n) is 4.87. The summed E-state index contributed by atoms with van der Waals surface area (Å²) in [5.74, 6) is 2.17. The highest BCUT2D eigenvalue weighted by Gasteiger charge is 2.54. The summed E-state index contributed by atoms with van der Waals surface area (Å²) in [5.41, 5.74) is 0.847. The molecule has 74 valence electrons. The molecule has 1 N–H and O–H groups in total. The molecule has 0 aromatic rings. The van der Waals surface area contributed by atoms with Crippen LogP contribution in [0.2, 0.25) is 0 Å². The normalized spacial score (nSPS) is 38.3. The molecule has 1 atom stereocenters. The predicted molar refractivity (Wildman–Crippen MR) is 54.6 cm³/mol. The van der Waals surface area contributed by atoms with Crippen molar-refractivity contribution in [2.75, 3.05) is 13.1 Å². The Morgan fingerprint density at radius 1 is 0.923 bits per heavy atom. The molecule has 1 heterocycles. The lowest BCUT2D eigenvalue weighted by molar-refractivity contribution is 0.214. The van der Waals surface area contributed by atoms with Gasteiger partial charge in [-0.05, 0) is 62.4 Å². The van der Waals surface area contributed by atoms with Gasteiger partial charge in [0, 0.05) is 0 Å². The molecule has 0 spiro atoms. The summed E-state index contributed by atoms with van der Waals surface area (Å²) in [5, 5.41) is 3.54. The summed E-state index contributed by atoms with van der Waals surface area (Å²) >= 11 is 0. The van der Waals surface area contributed by atoms with Crippen LogP contribution in [0.1, 0.15) is 44.9 Å². The fraction of sp³-hybridized carbons (Fsp3) is 1.00. The Labute approximate surface area is 81.3 Å². The van der Waals surface area contributed by atoms with Gasteiger partial charge in [0.1, 0.15) is 0 Å². The Hall–Kier alpha value is -0.0400. The highest BCUT2D eigenvalue weighted by Crippen LogP contribution is 2.62. The van der Waals surface area contributed by atoms with Gasteiger partial charge < -0.3 is 5.32 Å². The summed E-state index contributed by atoms with van der Waals surface area (Å²) in [7, 11) is 0. The molecule has 0 amide bonds. The molecule has 0 bridgehead atoms. The fourth-order valence-electron chi connectivity index (χ4n) is 3.94. The number of hydrogen-bond acceptors (Lipinski definition) is 1. The van der Waals surface area contributed by atoms with E-state index in [4.69, 9.17) is 0 Å². The van der Waals surface area contributed by atoms with E-state index in [2.05, 4.69) is 5.32 Å². The van der Waals surface area contributed by atoms with Crippen LogP contribution in [0.3, 0.4) is 0 Å².